The number of anilines is 1. The zero-order valence-corrected chi connectivity index (χ0v) is 22.5. The molecule has 0 unspecified atom stereocenters. The second-order valence-electron chi connectivity index (χ2n) is 10.1. The zero-order valence-electron chi connectivity index (χ0n) is 22.5. The van der Waals surface area contributed by atoms with Gasteiger partial charge in [0.25, 0.3) is 5.91 Å². The molecule has 0 aromatic heterocycles. The van der Waals surface area contributed by atoms with Crippen LogP contribution in [0.1, 0.15) is 51.3 Å². The molecule has 7 heteroatoms. The number of aromatic hydroxyl groups is 1. The fraction of sp³-hybridized carbons (Fsp3) is 0.500. The van der Waals surface area contributed by atoms with E-state index in [1.807, 2.05) is 18.0 Å². The molecular formula is C28H43N5O2. The molecule has 0 aliphatic rings. The summed E-state index contributed by atoms with van der Waals surface area (Å²) in [5.74, 6) is -0.0518. The highest BCUT2D eigenvalue weighted by molar-refractivity contribution is 5.86. The van der Waals surface area contributed by atoms with E-state index in [1.165, 1.54) is 17.3 Å². The van der Waals surface area contributed by atoms with Gasteiger partial charge in [-0.15, -0.1) is 0 Å². The monoisotopic (exact) mass is 481 g/mol. The lowest BCUT2D eigenvalue weighted by molar-refractivity contribution is -0.121. The number of hydrogen-bond donors (Lipinski definition) is 2. The molecule has 0 heterocycles. The van der Waals surface area contributed by atoms with E-state index in [2.05, 4.69) is 86.3 Å². The molecule has 0 aliphatic carbocycles. The van der Waals surface area contributed by atoms with Gasteiger partial charge in [0, 0.05) is 50.0 Å². The molecule has 2 rings (SSSR count). The van der Waals surface area contributed by atoms with Crippen LogP contribution in [0.15, 0.2) is 47.6 Å². The van der Waals surface area contributed by atoms with E-state index in [9.17, 15) is 9.90 Å². The summed E-state index contributed by atoms with van der Waals surface area (Å²) in [6.07, 6.45) is 1.47. The fourth-order valence-corrected chi connectivity index (χ4v) is 3.80. The Morgan fingerprint density at radius 3 is 2.20 bits per heavy atom. The van der Waals surface area contributed by atoms with Crippen LogP contribution in [0.25, 0.3) is 0 Å². The second-order valence-corrected chi connectivity index (χ2v) is 10.1. The summed E-state index contributed by atoms with van der Waals surface area (Å²) in [6, 6.07) is 14.3. The summed E-state index contributed by atoms with van der Waals surface area (Å²) in [7, 11) is 4.01. The molecule has 192 valence electrons. The van der Waals surface area contributed by atoms with Crippen LogP contribution in [0.2, 0.25) is 0 Å². The van der Waals surface area contributed by atoms with Gasteiger partial charge in [0.1, 0.15) is 5.75 Å². The van der Waals surface area contributed by atoms with Gasteiger partial charge in [-0.1, -0.05) is 45.0 Å². The standard InChI is InChI=1S/C28H43N5O2/c1-8-33(9-2)25-15-12-23(26(34)18-25)19-29-30-27(35)21-32(7)17-16-31(6)20-22-10-13-24(14-11-22)28(3,4)5/h10-15,18-19,34H,8-9,16-17,20-21H2,1-7H3,(H,30,35)/b29-19+. The average Bonchev–Trinajstić information content (AvgIpc) is 2.79. The van der Waals surface area contributed by atoms with Gasteiger partial charge in [0.2, 0.25) is 0 Å². The third kappa shape index (κ3) is 9.34. The Labute approximate surface area is 211 Å². The highest BCUT2D eigenvalue weighted by Gasteiger charge is 2.13. The number of hydrogen-bond acceptors (Lipinski definition) is 6. The Morgan fingerprint density at radius 1 is 1.00 bits per heavy atom. The molecule has 2 aromatic rings. The number of phenols is 1. The van der Waals surface area contributed by atoms with E-state index in [1.54, 1.807) is 12.1 Å². The number of rotatable bonds is 12. The predicted molar refractivity (Wildman–Crippen MR) is 146 cm³/mol. The van der Waals surface area contributed by atoms with Crippen molar-refractivity contribution >= 4 is 17.8 Å². The molecule has 0 bridgehead atoms. The summed E-state index contributed by atoms with van der Waals surface area (Å²) in [4.78, 5) is 18.6. The maximum atomic E-state index is 12.2. The Hall–Kier alpha value is -2.90. The van der Waals surface area contributed by atoms with E-state index in [-0.39, 0.29) is 23.6 Å². The van der Waals surface area contributed by atoms with Crippen molar-refractivity contribution in [2.75, 3.05) is 51.7 Å². The Morgan fingerprint density at radius 2 is 1.63 bits per heavy atom. The smallest absolute Gasteiger partial charge is 0.254 e. The summed E-state index contributed by atoms with van der Waals surface area (Å²) >= 11 is 0. The minimum atomic E-state index is -0.191. The fourth-order valence-electron chi connectivity index (χ4n) is 3.80. The first-order valence-corrected chi connectivity index (χ1v) is 12.4. The number of carbonyl (C=O) groups excluding carboxylic acids is 1. The molecule has 0 saturated carbocycles. The van der Waals surface area contributed by atoms with Crippen molar-refractivity contribution in [3.8, 4) is 5.75 Å². The van der Waals surface area contributed by atoms with Crippen molar-refractivity contribution in [3.63, 3.8) is 0 Å². The van der Waals surface area contributed by atoms with Gasteiger partial charge in [-0.25, -0.2) is 5.43 Å². The Kier molecular flexibility index (Phi) is 10.7. The summed E-state index contributed by atoms with van der Waals surface area (Å²) in [5.41, 5.74) is 6.85. The van der Waals surface area contributed by atoms with Crippen LogP contribution in [0.3, 0.4) is 0 Å². The first kappa shape index (κ1) is 28.3. The number of benzene rings is 2. The molecule has 0 saturated heterocycles. The van der Waals surface area contributed by atoms with Crippen LogP contribution in [0, 0.1) is 0 Å². The molecule has 2 N–H and O–H groups in total. The number of carbonyl (C=O) groups is 1. The molecule has 0 fully saturated rings. The molecule has 35 heavy (non-hydrogen) atoms. The summed E-state index contributed by atoms with van der Waals surface area (Å²) < 4.78 is 0. The Bertz CT molecular complexity index is 962. The normalized spacial score (nSPS) is 12.0. The summed E-state index contributed by atoms with van der Waals surface area (Å²) in [6.45, 7) is 15.3. The van der Waals surface area contributed by atoms with E-state index in [0.717, 1.165) is 38.4 Å². The second kappa shape index (κ2) is 13.3. The number of nitrogens with one attached hydrogen (secondary N) is 1. The first-order valence-electron chi connectivity index (χ1n) is 12.4. The first-order chi connectivity index (χ1) is 16.5. The quantitative estimate of drug-likeness (QED) is 0.354. The number of amides is 1. The van der Waals surface area contributed by atoms with Crippen molar-refractivity contribution in [2.45, 2.75) is 46.6 Å². The van der Waals surface area contributed by atoms with E-state index in [4.69, 9.17) is 0 Å². The predicted octanol–water partition coefficient (Wildman–Crippen LogP) is 4.05. The molecule has 0 atom stereocenters. The molecule has 2 aromatic carbocycles. The van der Waals surface area contributed by atoms with Gasteiger partial charge < -0.3 is 14.9 Å². The Balaban J connectivity index is 1.75. The number of hydrazone groups is 1. The van der Waals surface area contributed by atoms with Gasteiger partial charge in [0.05, 0.1) is 12.8 Å². The van der Waals surface area contributed by atoms with Gasteiger partial charge in [0.15, 0.2) is 0 Å². The van der Waals surface area contributed by atoms with E-state index in [0.29, 0.717) is 5.56 Å². The highest BCUT2D eigenvalue weighted by atomic mass is 16.3. The third-order valence-electron chi connectivity index (χ3n) is 6.08. The molecule has 7 nitrogen and oxygen atoms in total. The number of nitrogens with zero attached hydrogens (tertiary/aromatic N) is 4. The van der Waals surface area contributed by atoms with Crippen LogP contribution in [-0.2, 0) is 16.8 Å². The topological polar surface area (TPSA) is 71.4 Å². The van der Waals surface area contributed by atoms with Crippen LogP contribution in [-0.4, -0.2) is 73.8 Å². The van der Waals surface area contributed by atoms with E-state index >= 15 is 0 Å². The SMILES string of the molecule is CCN(CC)c1ccc(/C=N/NC(=O)CN(C)CCN(C)Cc2ccc(C(C)(C)C)cc2)c(O)c1. The maximum absolute atomic E-state index is 12.2. The minimum Gasteiger partial charge on any atom is -0.507 e. The zero-order chi connectivity index (χ0) is 26.0. The lowest BCUT2D eigenvalue weighted by Gasteiger charge is -2.22. The number of phenolic OH excluding ortho intramolecular Hbond substituents is 1. The van der Waals surface area contributed by atoms with Crippen molar-refractivity contribution in [1.82, 2.24) is 15.2 Å². The average molecular weight is 482 g/mol. The van der Waals surface area contributed by atoms with Gasteiger partial charge in [-0.2, -0.15) is 5.10 Å². The molecule has 0 aliphatic heterocycles. The molecular weight excluding hydrogens is 438 g/mol. The van der Waals surface area contributed by atoms with Crippen LogP contribution in [0.4, 0.5) is 5.69 Å². The lowest BCUT2D eigenvalue weighted by Crippen LogP contribution is -2.37. The largest absolute Gasteiger partial charge is 0.507 e. The van der Waals surface area contributed by atoms with E-state index < -0.39 is 0 Å². The maximum Gasteiger partial charge on any atom is 0.254 e. The lowest BCUT2D eigenvalue weighted by atomic mass is 9.87. The third-order valence-corrected chi connectivity index (χ3v) is 6.08. The van der Waals surface area contributed by atoms with Crippen LogP contribution < -0.4 is 10.3 Å². The van der Waals surface area contributed by atoms with Crippen molar-refractivity contribution in [2.24, 2.45) is 5.10 Å². The van der Waals surface area contributed by atoms with Gasteiger partial charge in [-0.3, -0.25) is 9.69 Å². The molecule has 0 spiro atoms. The van der Waals surface area contributed by atoms with Crippen LogP contribution in [0.5, 0.6) is 5.75 Å². The van der Waals surface area contributed by atoms with Gasteiger partial charge in [-0.05, 0) is 56.6 Å². The number of likely N-dealkylation sites (N-methyl/N-ethyl adjacent to an activating group) is 2. The van der Waals surface area contributed by atoms with Crippen molar-refractivity contribution in [3.05, 3.63) is 59.2 Å². The van der Waals surface area contributed by atoms with Crippen molar-refractivity contribution in [1.29, 1.82) is 0 Å². The summed E-state index contributed by atoms with van der Waals surface area (Å²) in [5, 5.41) is 14.3. The van der Waals surface area contributed by atoms with Crippen LogP contribution >= 0.6 is 0 Å². The molecule has 1 amide bonds. The van der Waals surface area contributed by atoms with Crippen molar-refractivity contribution < 1.29 is 9.90 Å². The molecule has 0 radical (unpaired) electrons. The highest BCUT2D eigenvalue weighted by Crippen LogP contribution is 2.24. The minimum absolute atomic E-state index is 0.139. The van der Waals surface area contributed by atoms with Gasteiger partial charge >= 0.3 is 0 Å².